The first-order chi connectivity index (χ1) is 7.09. The van der Waals surface area contributed by atoms with Crippen LogP contribution in [-0.4, -0.2) is 4.98 Å². The fourth-order valence-corrected chi connectivity index (χ4v) is 2.88. The van der Waals surface area contributed by atoms with Gasteiger partial charge >= 0.3 is 0 Å². The van der Waals surface area contributed by atoms with Crippen LogP contribution in [0.2, 0.25) is 0 Å². The van der Waals surface area contributed by atoms with Gasteiger partial charge in [0.2, 0.25) is 0 Å². The summed E-state index contributed by atoms with van der Waals surface area (Å²) in [6.07, 6.45) is 1.88. The molecule has 0 aliphatic heterocycles. The summed E-state index contributed by atoms with van der Waals surface area (Å²) in [6, 6.07) is 6.19. The van der Waals surface area contributed by atoms with Crippen LogP contribution in [0.15, 0.2) is 33.3 Å². The Morgan fingerprint density at radius 2 is 1.93 bits per heavy atom. The lowest BCUT2D eigenvalue weighted by molar-refractivity contribution is 0.868. The molecule has 0 saturated carbocycles. The summed E-state index contributed by atoms with van der Waals surface area (Å²) in [4.78, 5) is 4.40. The Morgan fingerprint density at radius 3 is 2.60 bits per heavy atom. The second-order valence-corrected chi connectivity index (χ2v) is 5.61. The summed E-state index contributed by atoms with van der Waals surface area (Å²) in [5, 5.41) is 1.22. The molecule has 1 nitrogen and oxygen atoms in total. The molecule has 0 spiro atoms. The first-order valence-corrected chi connectivity index (χ1v) is 6.42. The first-order valence-electron chi connectivity index (χ1n) is 4.83. The van der Waals surface area contributed by atoms with Crippen LogP contribution < -0.4 is 0 Å². The van der Waals surface area contributed by atoms with Crippen molar-refractivity contribution in [2.24, 2.45) is 0 Å². The van der Waals surface area contributed by atoms with E-state index in [0.717, 1.165) is 14.5 Å². The summed E-state index contributed by atoms with van der Waals surface area (Å²) in [5.74, 6) is 0.485. The number of hydrogen-bond acceptors (Lipinski definition) is 1. The normalized spacial score (nSPS) is 11.3. The molecule has 0 bridgehead atoms. The lowest BCUT2D eigenvalue weighted by atomic mass is 9.99. The van der Waals surface area contributed by atoms with Gasteiger partial charge in [0, 0.05) is 20.5 Å². The van der Waals surface area contributed by atoms with Gasteiger partial charge in [0.05, 0.1) is 5.52 Å². The molecule has 0 saturated heterocycles. The van der Waals surface area contributed by atoms with E-state index in [1.807, 2.05) is 18.3 Å². The lowest BCUT2D eigenvalue weighted by Crippen LogP contribution is -1.93. The smallest absolute Gasteiger partial charge is 0.0706 e. The number of halogens is 2. The van der Waals surface area contributed by atoms with Crippen molar-refractivity contribution in [1.82, 2.24) is 4.98 Å². The first kappa shape index (κ1) is 11.1. The number of hydrogen-bond donors (Lipinski definition) is 0. The predicted molar refractivity (Wildman–Crippen MR) is 71.2 cm³/mol. The Bertz CT molecular complexity index is 501. The van der Waals surface area contributed by atoms with Gasteiger partial charge < -0.3 is 0 Å². The number of fused-ring (bicyclic) bond motifs is 1. The molecule has 0 N–H and O–H groups in total. The molecule has 2 rings (SSSR count). The molecule has 1 aromatic carbocycles. The highest BCUT2D eigenvalue weighted by atomic mass is 79.9. The van der Waals surface area contributed by atoms with Crippen molar-refractivity contribution in [2.75, 3.05) is 0 Å². The molecule has 15 heavy (non-hydrogen) atoms. The van der Waals surface area contributed by atoms with Gasteiger partial charge in [-0.25, -0.2) is 0 Å². The molecule has 0 fully saturated rings. The van der Waals surface area contributed by atoms with E-state index in [0.29, 0.717) is 5.92 Å². The zero-order valence-electron chi connectivity index (χ0n) is 8.59. The predicted octanol–water partition coefficient (Wildman–Crippen LogP) is 4.88. The van der Waals surface area contributed by atoms with Crippen molar-refractivity contribution >= 4 is 42.8 Å². The molecule has 0 aliphatic carbocycles. The quantitative estimate of drug-likeness (QED) is 0.726. The molecule has 1 aromatic heterocycles. The Balaban J connectivity index is 2.84. The number of benzene rings is 1. The van der Waals surface area contributed by atoms with Gasteiger partial charge in [-0.05, 0) is 45.6 Å². The molecular formula is C12H11Br2N. The minimum absolute atomic E-state index is 0.485. The molecule has 1 heterocycles. The highest BCUT2D eigenvalue weighted by molar-refractivity contribution is 9.10. The Morgan fingerprint density at radius 1 is 1.20 bits per heavy atom. The van der Waals surface area contributed by atoms with E-state index >= 15 is 0 Å². The average Bonchev–Trinajstić information content (AvgIpc) is 2.16. The number of rotatable bonds is 1. The number of nitrogens with zero attached hydrogens (tertiary/aromatic N) is 1. The van der Waals surface area contributed by atoms with E-state index in [1.165, 1.54) is 10.9 Å². The highest BCUT2D eigenvalue weighted by Crippen LogP contribution is 2.32. The Kier molecular flexibility index (Phi) is 3.12. The molecule has 0 atom stereocenters. The SMILES string of the molecule is CC(C)c1c(Br)cnc2ccc(Br)cc12. The van der Waals surface area contributed by atoms with Crippen LogP contribution in [0.25, 0.3) is 10.9 Å². The van der Waals surface area contributed by atoms with Crippen molar-refractivity contribution in [3.63, 3.8) is 0 Å². The van der Waals surface area contributed by atoms with Crippen LogP contribution in [0.3, 0.4) is 0 Å². The number of aromatic nitrogens is 1. The van der Waals surface area contributed by atoms with Crippen molar-refractivity contribution in [3.8, 4) is 0 Å². The van der Waals surface area contributed by atoms with Gasteiger partial charge in [0.1, 0.15) is 0 Å². The van der Waals surface area contributed by atoms with E-state index in [2.05, 4.69) is 56.8 Å². The van der Waals surface area contributed by atoms with E-state index in [1.54, 1.807) is 0 Å². The fraction of sp³-hybridized carbons (Fsp3) is 0.250. The topological polar surface area (TPSA) is 12.9 Å². The maximum Gasteiger partial charge on any atom is 0.0706 e. The van der Waals surface area contributed by atoms with E-state index in [4.69, 9.17) is 0 Å². The summed E-state index contributed by atoms with van der Waals surface area (Å²) in [6.45, 7) is 4.39. The second kappa shape index (κ2) is 4.22. The van der Waals surface area contributed by atoms with Crippen molar-refractivity contribution in [3.05, 3.63) is 38.9 Å². The minimum atomic E-state index is 0.485. The van der Waals surface area contributed by atoms with Crippen LogP contribution in [0.4, 0.5) is 0 Å². The van der Waals surface area contributed by atoms with Gasteiger partial charge in [-0.2, -0.15) is 0 Å². The van der Waals surface area contributed by atoms with Crippen LogP contribution >= 0.6 is 31.9 Å². The maximum absolute atomic E-state index is 4.40. The van der Waals surface area contributed by atoms with Gasteiger partial charge in [0.25, 0.3) is 0 Å². The van der Waals surface area contributed by atoms with Crippen LogP contribution in [0.1, 0.15) is 25.3 Å². The molecule has 0 radical (unpaired) electrons. The molecule has 0 unspecified atom stereocenters. The van der Waals surface area contributed by atoms with Crippen molar-refractivity contribution in [2.45, 2.75) is 19.8 Å². The van der Waals surface area contributed by atoms with E-state index in [9.17, 15) is 0 Å². The van der Waals surface area contributed by atoms with Gasteiger partial charge in [0.15, 0.2) is 0 Å². The minimum Gasteiger partial charge on any atom is -0.255 e. The van der Waals surface area contributed by atoms with E-state index < -0.39 is 0 Å². The molecular weight excluding hydrogens is 318 g/mol. The summed E-state index contributed by atoms with van der Waals surface area (Å²) in [7, 11) is 0. The standard InChI is InChI=1S/C12H11Br2N/c1-7(2)12-9-5-8(13)3-4-11(9)15-6-10(12)14/h3-7H,1-2H3. The third-order valence-electron chi connectivity index (χ3n) is 2.40. The summed E-state index contributed by atoms with van der Waals surface area (Å²) in [5.41, 5.74) is 2.37. The molecule has 78 valence electrons. The zero-order valence-corrected chi connectivity index (χ0v) is 11.8. The summed E-state index contributed by atoms with van der Waals surface area (Å²) >= 11 is 7.06. The average molecular weight is 329 g/mol. The maximum atomic E-state index is 4.40. The third kappa shape index (κ3) is 2.08. The zero-order chi connectivity index (χ0) is 11.0. The fourth-order valence-electron chi connectivity index (χ4n) is 1.75. The Hall–Kier alpha value is -0.410. The third-order valence-corrected chi connectivity index (χ3v) is 3.53. The van der Waals surface area contributed by atoms with Gasteiger partial charge in [-0.15, -0.1) is 0 Å². The molecule has 3 heteroatoms. The second-order valence-electron chi connectivity index (χ2n) is 3.84. The van der Waals surface area contributed by atoms with Crippen molar-refractivity contribution < 1.29 is 0 Å². The van der Waals surface area contributed by atoms with Gasteiger partial charge in [-0.3, -0.25) is 4.98 Å². The molecule has 2 aromatic rings. The number of pyridine rings is 1. The summed E-state index contributed by atoms with van der Waals surface area (Å²) < 4.78 is 2.18. The monoisotopic (exact) mass is 327 g/mol. The largest absolute Gasteiger partial charge is 0.255 e. The Labute approximate surface area is 106 Å². The lowest BCUT2D eigenvalue weighted by Gasteiger charge is -2.12. The molecule has 0 amide bonds. The van der Waals surface area contributed by atoms with E-state index in [-0.39, 0.29) is 0 Å². The van der Waals surface area contributed by atoms with Crippen molar-refractivity contribution in [1.29, 1.82) is 0 Å². The van der Waals surface area contributed by atoms with Gasteiger partial charge in [-0.1, -0.05) is 29.8 Å². The molecule has 0 aliphatic rings. The van der Waals surface area contributed by atoms with Crippen LogP contribution in [0.5, 0.6) is 0 Å². The van der Waals surface area contributed by atoms with Crippen LogP contribution in [-0.2, 0) is 0 Å². The highest BCUT2D eigenvalue weighted by Gasteiger charge is 2.10. The van der Waals surface area contributed by atoms with Crippen LogP contribution in [0, 0.1) is 0 Å².